The Balaban J connectivity index is 1.35. The van der Waals surface area contributed by atoms with Crippen LogP contribution in [0.5, 0.6) is 0 Å². The highest BCUT2D eigenvalue weighted by molar-refractivity contribution is 5.76. The summed E-state index contributed by atoms with van der Waals surface area (Å²) in [4.78, 5) is 45.8. The summed E-state index contributed by atoms with van der Waals surface area (Å²) in [7, 11) is 3.04. The predicted molar refractivity (Wildman–Crippen MR) is 124 cm³/mol. The number of nitrogens with zero attached hydrogens (tertiary/aromatic N) is 7. The van der Waals surface area contributed by atoms with Crippen molar-refractivity contribution >= 4 is 22.8 Å². The zero-order valence-electron chi connectivity index (χ0n) is 18.9. The highest BCUT2D eigenvalue weighted by Crippen LogP contribution is 2.18. The molecule has 0 spiro atoms. The van der Waals surface area contributed by atoms with Crippen LogP contribution >= 0.6 is 0 Å². The van der Waals surface area contributed by atoms with Gasteiger partial charge in [0.2, 0.25) is 5.91 Å². The minimum absolute atomic E-state index is 0.0985. The van der Waals surface area contributed by atoms with E-state index in [1.54, 1.807) is 17.9 Å². The van der Waals surface area contributed by atoms with Crippen molar-refractivity contribution < 1.29 is 4.79 Å². The quantitative estimate of drug-likeness (QED) is 0.571. The summed E-state index contributed by atoms with van der Waals surface area (Å²) >= 11 is 0. The number of anilines is 1. The number of benzene rings is 1. The van der Waals surface area contributed by atoms with Gasteiger partial charge >= 0.3 is 5.69 Å². The normalized spacial score (nSPS) is 14.3. The number of imidazole rings is 1. The van der Waals surface area contributed by atoms with Gasteiger partial charge in [-0.05, 0) is 37.1 Å². The van der Waals surface area contributed by atoms with E-state index in [0.29, 0.717) is 49.2 Å². The number of amides is 1. The van der Waals surface area contributed by atoms with Gasteiger partial charge in [-0.3, -0.25) is 18.7 Å². The summed E-state index contributed by atoms with van der Waals surface area (Å²) in [5.74, 6) is 0.0985. The first-order chi connectivity index (χ1) is 15.9. The molecule has 10 heteroatoms. The predicted octanol–water partition coefficient (Wildman–Crippen LogP) is 0.824. The topological polar surface area (TPSA) is 109 Å². The van der Waals surface area contributed by atoms with Gasteiger partial charge in [-0.2, -0.15) is 5.26 Å². The molecule has 3 aromatic rings. The van der Waals surface area contributed by atoms with E-state index >= 15 is 0 Å². The van der Waals surface area contributed by atoms with Crippen LogP contribution in [0.3, 0.4) is 0 Å². The summed E-state index contributed by atoms with van der Waals surface area (Å²) in [6, 6.07) is 9.66. The molecule has 1 amide bonds. The molecule has 10 nitrogen and oxygen atoms in total. The molecule has 3 heterocycles. The fourth-order valence-electron chi connectivity index (χ4n) is 4.30. The minimum Gasteiger partial charge on any atom is -0.370 e. The van der Waals surface area contributed by atoms with E-state index in [1.807, 2.05) is 29.2 Å². The highest BCUT2D eigenvalue weighted by atomic mass is 16.2. The molecule has 2 aromatic heterocycles. The Hall–Kier alpha value is -3.87. The van der Waals surface area contributed by atoms with Crippen molar-refractivity contribution in [2.45, 2.75) is 25.8 Å². The monoisotopic (exact) mass is 449 g/mol. The lowest BCUT2D eigenvalue weighted by molar-refractivity contribution is -0.131. The Labute approximate surface area is 190 Å². The van der Waals surface area contributed by atoms with Crippen molar-refractivity contribution in [2.75, 3.05) is 31.1 Å². The number of rotatable bonds is 5. The molecular weight excluding hydrogens is 422 g/mol. The summed E-state index contributed by atoms with van der Waals surface area (Å²) in [6.45, 7) is 3.44. The van der Waals surface area contributed by atoms with Crippen LogP contribution in [0.25, 0.3) is 11.2 Å². The summed E-state index contributed by atoms with van der Waals surface area (Å²) in [5.41, 5.74) is 1.63. The minimum atomic E-state index is -0.413. The van der Waals surface area contributed by atoms with Crippen molar-refractivity contribution in [3.8, 4) is 6.07 Å². The second-order valence-corrected chi connectivity index (χ2v) is 8.30. The van der Waals surface area contributed by atoms with Gasteiger partial charge in [0.25, 0.3) is 5.56 Å². The maximum atomic E-state index is 12.8. The second-order valence-electron chi connectivity index (χ2n) is 8.30. The molecule has 1 aliphatic heterocycles. The third-order valence-electron chi connectivity index (χ3n) is 6.22. The van der Waals surface area contributed by atoms with Crippen LogP contribution in [0.1, 0.15) is 24.8 Å². The number of hydrogen-bond acceptors (Lipinski definition) is 6. The van der Waals surface area contributed by atoms with Crippen LogP contribution in [-0.2, 0) is 25.4 Å². The molecular formula is C23H27N7O3. The fourth-order valence-corrected chi connectivity index (χ4v) is 4.30. The summed E-state index contributed by atoms with van der Waals surface area (Å²) in [5, 5.41) is 8.97. The number of carbonyl (C=O) groups excluding carboxylic acids is 1. The van der Waals surface area contributed by atoms with Crippen LogP contribution in [0, 0.1) is 11.3 Å². The van der Waals surface area contributed by atoms with Crippen molar-refractivity contribution in [3.63, 3.8) is 0 Å². The molecule has 1 saturated heterocycles. The van der Waals surface area contributed by atoms with Crippen LogP contribution in [0.2, 0.25) is 0 Å². The SMILES string of the molecule is Cn1c(=O)c2c(ncn2CCCC(=O)N2CCCN(c3ccc(C#N)cc3)CC2)n(C)c1=O. The maximum Gasteiger partial charge on any atom is 0.332 e. The van der Waals surface area contributed by atoms with Gasteiger partial charge in [-0.15, -0.1) is 0 Å². The lowest BCUT2D eigenvalue weighted by atomic mass is 10.2. The van der Waals surface area contributed by atoms with Crippen molar-refractivity contribution in [1.29, 1.82) is 5.26 Å². The van der Waals surface area contributed by atoms with Crippen LogP contribution in [0.15, 0.2) is 40.2 Å². The zero-order chi connectivity index (χ0) is 23.5. The van der Waals surface area contributed by atoms with E-state index in [1.165, 1.54) is 11.6 Å². The maximum absolute atomic E-state index is 12.8. The summed E-state index contributed by atoms with van der Waals surface area (Å²) < 4.78 is 4.15. The molecule has 33 heavy (non-hydrogen) atoms. The number of nitriles is 1. The number of aromatic nitrogens is 4. The Morgan fingerprint density at radius 3 is 2.55 bits per heavy atom. The van der Waals surface area contributed by atoms with Crippen molar-refractivity contribution in [1.82, 2.24) is 23.6 Å². The van der Waals surface area contributed by atoms with Crippen molar-refractivity contribution in [2.24, 2.45) is 14.1 Å². The van der Waals surface area contributed by atoms with Gasteiger partial charge in [-0.25, -0.2) is 9.78 Å². The van der Waals surface area contributed by atoms with Crippen molar-refractivity contribution in [3.05, 3.63) is 57.0 Å². The molecule has 0 N–H and O–H groups in total. The van der Waals surface area contributed by atoms with Gasteiger partial charge in [0.05, 0.1) is 18.0 Å². The highest BCUT2D eigenvalue weighted by Gasteiger charge is 2.20. The van der Waals surface area contributed by atoms with Gasteiger partial charge < -0.3 is 14.4 Å². The first kappa shape index (κ1) is 22.3. The average molecular weight is 450 g/mol. The van der Waals surface area contributed by atoms with E-state index in [0.717, 1.165) is 29.8 Å². The molecule has 0 aliphatic carbocycles. The molecule has 1 fully saturated rings. The molecule has 0 saturated carbocycles. The van der Waals surface area contributed by atoms with Gasteiger partial charge in [0.1, 0.15) is 0 Å². The number of hydrogen-bond donors (Lipinski definition) is 0. The van der Waals surface area contributed by atoms with Gasteiger partial charge in [-0.1, -0.05) is 0 Å². The van der Waals surface area contributed by atoms with E-state index in [-0.39, 0.29) is 11.5 Å². The van der Waals surface area contributed by atoms with E-state index in [9.17, 15) is 14.4 Å². The molecule has 0 unspecified atom stereocenters. The zero-order valence-corrected chi connectivity index (χ0v) is 18.9. The van der Waals surface area contributed by atoms with E-state index < -0.39 is 5.69 Å². The number of fused-ring (bicyclic) bond motifs is 1. The van der Waals surface area contributed by atoms with E-state index in [4.69, 9.17) is 5.26 Å². The van der Waals surface area contributed by atoms with Crippen LogP contribution < -0.4 is 16.1 Å². The van der Waals surface area contributed by atoms with Gasteiger partial charge in [0, 0.05) is 58.9 Å². The van der Waals surface area contributed by atoms with Crippen LogP contribution in [0.4, 0.5) is 5.69 Å². The van der Waals surface area contributed by atoms with E-state index in [2.05, 4.69) is 16.0 Å². The third-order valence-corrected chi connectivity index (χ3v) is 6.22. The lowest BCUT2D eigenvalue weighted by Gasteiger charge is -2.24. The Morgan fingerprint density at radius 1 is 1.06 bits per heavy atom. The summed E-state index contributed by atoms with van der Waals surface area (Å²) in [6.07, 6.45) is 3.38. The Bertz CT molecular complexity index is 1330. The Morgan fingerprint density at radius 2 is 1.82 bits per heavy atom. The molecule has 4 rings (SSSR count). The smallest absolute Gasteiger partial charge is 0.332 e. The molecule has 172 valence electrons. The molecule has 0 radical (unpaired) electrons. The Kier molecular flexibility index (Phi) is 6.31. The molecule has 0 atom stereocenters. The second kappa shape index (κ2) is 9.32. The standard InChI is InChI=1S/C23H27N7O3/c1-26-21-20(22(32)27(2)23(26)33)30(16-25-21)10-3-5-19(31)29-12-4-11-28(13-14-29)18-8-6-17(15-24)7-9-18/h6-9,16H,3-5,10-14H2,1-2H3. The molecule has 1 aromatic carbocycles. The van der Waals surface area contributed by atoms with Gasteiger partial charge in [0.15, 0.2) is 11.2 Å². The first-order valence-electron chi connectivity index (χ1n) is 11.0. The molecule has 1 aliphatic rings. The third kappa shape index (κ3) is 4.39. The first-order valence-corrected chi connectivity index (χ1v) is 11.0. The van der Waals surface area contributed by atoms with Crippen LogP contribution in [-0.4, -0.2) is 55.7 Å². The number of aryl methyl sites for hydroxylation is 2. The fraction of sp³-hybridized carbons (Fsp3) is 0.435. The lowest BCUT2D eigenvalue weighted by Crippen LogP contribution is -2.37. The average Bonchev–Trinajstić information content (AvgIpc) is 3.09. The molecule has 0 bridgehead atoms. The largest absolute Gasteiger partial charge is 0.370 e. The number of carbonyl (C=O) groups is 1.